The Morgan fingerprint density at radius 2 is 2.08 bits per heavy atom. The summed E-state index contributed by atoms with van der Waals surface area (Å²) in [6.07, 6.45) is 0.927. The van der Waals surface area contributed by atoms with Gasteiger partial charge in [-0.3, -0.25) is 0 Å². The van der Waals surface area contributed by atoms with Gasteiger partial charge in [-0.15, -0.1) is 0 Å². The number of ether oxygens (including phenoxy) is 1. The Labute approximate surface area is 149 Å². The summed E-state index contributed by atoms with van der Waals surface area (Å²) in [5, 5.41) is 1.07. The molecule has 0 unspecified atom stereocenters. The van der Waals surface area contributed by atoms with E-state index in [2.05, 4.69) is 15.9 Å². The third-order valence-corrected chi connectivity index (χ3v) is 4.92. The highest BCUT2D eigenvalue weighted by Gasteiger charge is 2.34. The molecular formula is C18H22BrFN2O2. The molecule has 1 aromatic heterocycles. The predicted molar refractivity (Wildman–Crippen MR) is 96.0 cm³/mol. The molecule has 1 saturated heterocycles. The van der Waals surface area contributed by atoms with E-state index in [0.29, 0.717) is 13.0 Å². The highest BCUT2D eigenvalue weighted by molar-refractivity contribution is 9.10. The van der Waals surface area contributed by atoms with Crippen LogP contribution in [0.25, 0.3) is 10.9 Å². The smallest absolute Gasteiger partial charge is 0.410 e. The number of piperidine rings is 1. The summed E-state index contributed by atoms with van der Waals surface area (Å²) in [7, 11) is 0. The van der Waals surface area contributed by atoms with Gasteiger partial charge in [0.05, 0.1) is 12.6 Å². The molecule has 1 fully saturated rings. The molecule has 0 radical (unpaired) electrons. The minimum absolute atomic E-state index is 0.0628. The van der Waals surface area contributed by atoms with Gasteiger partial charge >= 0.3 is 6.09 Å². The summed E-state index contributed by atoms with van der Waals surface area (Å²) in [5.74, 6) is 0. The highest BCUT2D eigenvalue weighted by Crippen LogP contribution is 2.32. The van der Waals surface area contributed by atoms with Gasteiger partial charge in [0.25, 0.3) is 0 Å². The average molecular weight is 397 g/mol. The Morgan fingerprint density at radius 1 is 1.33 bits per heavy atom. The molecule has 6 heteroatoms. The molecule has 2 heterocycles. The van der Waals surface area contributed by atoms with E-state index in [0.717, 1.165) is 15.4 Å². The number of aromatic nitrogens is 1. The normalized spacial score (nSPS) is 22.0. The van der Waals surface area contributed by atoms with Gasteiger partial charge in [-0.05, 0) is 45.4 Å². The van der Waals surface area contributed by atoms with Crippen LogP contribution in [0.1, 0.15) is 33.2 Å². The molecule has 0 N–H and O–H groups in total. The lowest BCUT2D eigenvalue weighted by Crippen LogP contribution is -2.47. The first-order valence-corrected chi connectivity index (χ1v) is 8.92. The molecule has 0 aliphatic carbocycles. The number of nitrogens with zero attached hydrogens (tertiary/aromatic N) is 2. The lowest BCUT2D eigenvalue weighted by Gasteiger charge is -2.36. The topological polar surface area (TPSA) is 34.5 Å². The molecule has 2 atom stereocenters. The Bertz CT molecular complexity index is 753. The van der Waals surface area contributed by atoms with Gasteiger partial charge in [-0.25, -0.2) is 9.18 Å². The van der Waals surface area contributed by atoms with E-state index in [-0.39, 0.29) is 12.6 Å². The maximum absolute atomic E-state index is 14.8. The van der Waals surface area contributed by atoms with Crippen molar-refractivity contribution in [3.05, 3.63) is 34.9 Å². The summed E-state index contributed by atoms with van der Waals surface area (Å²) in [5.41, 5.74) is 0.436. The van der Waals surface area contributed by atoms with Crippen LogP contribution in [0, 0.1) is 0 Å². The fourth-order valence-electron chi connectivity index (χ4n) is 3.14. The molecule has 0 bridgehead atoms. The average Bonchev–Trinajstić information content (AvgIpc) is 2.90. The Hall–Kier alpha value is -1.56. The zero-order valence-electron chi connectivity index (χ0n) is 14.1. The maximum atomic E-state index is 14.8. The first-order chi connectivity index (χ1) is 11.3. The van der Waals surface area contributed by atoms with E-state index in [9.17, 15) is 9.18 Å². The quantitative estimate of drug-likeness (QED) is 0.684. The standard InChI is InChI=1S/C18H22BrFN2O2/c1-18(2,3)24-17(23)21-9-8-16(14(20)11-21)22-10-7-12-13(19)5-4-6-15(12)22/h4-7,10,14,16H,8-9,11H2,1-3H3/t14-,16-/m1/s1. The van der Waals surface area contributed by atoms with Crippen LogP contribution < -0.4 is 0 Å². The summed E-state index contributed by atoms with van der Waals surface area (Å²) in [6.45, 7) is 6.00. The number of carbonyl (C=O) groups excluding carboxylic acids is 1. The molecule has 4 nitrogen and oxygen atoms in total. The largest absolute Gasteiger partial charge is 0.444 e. The lowest BCUT2D eigenvalue weighted by molar-refractivity contribution is 0.00708. The van der Waals surface area contributed by atoms with Crippen LogP contribution in [0.5, 0.6) is 0 Å². The predicted octanol–water partition coefficient (Wildman–Crippen LogP) is 4.92. The number of hydrogen-bond acceptors (Lipinski definition) is 2. The molecule has 130 valence electrons. The first kappa shape index (κ1) is 17.3. The van der Waals surface area contributed by atoms with Crippen molar-refractivity contribution >= 4 is 32.9 Å². The minimum atomic E-state index is -1.12. The first-order valence-electron chi connectivity index (χ1n) is 8.13. The summed E-state index contributed by atoms with van der Waals surface area (Å²) < 4.78 is 23.1. The van der Waals surface area contributed by atoms with Crippen molar-refractivity contribution in [3.8, 4) is 0 Å². The van der Waals surface area contributed by atoms with Gasteiger partial charge in [0.1, 0.15) is 11.8 Å². The molecule has 2 aromatic rings. The van der Waals surface area contributed by atoms with Gasteiger partial charge in [-0.2, -0.15) is 0 Å². The van der Waals surface area contributed by atoms with E-state index in [1.807, 2.05) is 55.8 Å². The third kappa shape index (κ3) is 3.43. The van der Waals surface area contributed by atoms with Crippen LogP contribution in [0.15, 0.2) is 34.9 Å². The van der Waals surface area contributed by atoms with Crippen LogP contribution in [0.2, 0.25) is 0 Å². The zero-order chi connectivity index (χ0) is 17.5. The number of amides is 1. The third-order valence-electron chi connectivity index (χ3n) is 4.23. The maximum Gasteiger partial charge on any atom is 0.410 e. The Kier molecular flexibility index (Phi) is 4.60. The van der Waals surface area contributed by atoms with Crippen LogP contribution in [0.3, 0.4) is 0 Å². The Balaban J connectivity index is 1.76. The number of carbonyl (C=O) groups is 1. The minimum Gasteiger partial charge on any atom is -0.444 e. The second kappa shape index (κ2) is 6.39. The Morgan fingerprint density at radius 3 is 2.75 bits per heavy atom. The fraction of sp³-hybridized carbons (Fsp3) is 0.500. The van der Waals surface area contributed by atoms with E-state index in [1.54, 1.807) is 0 Å². The zero-order valence-corrected chi connectivity index (χ0v) is 15.7. The van der Waals surface area contributed by atoms with Crippen molar-refractivity contribution in [3.63, 3.8) is 0 Å². The van der Waals surface area contributed by atoms with E-state index < -0.39 is 17.9 Å². The van der Waals surface area contributed by atoms with Crippen LogP contribution >= 0.6 is 15.9 Å². The summed E-state index contributed by atoms with van der Waals surface area (Å²) in [4.78, 5) is 13.6. The molecule has 1 amide bonds. The molecule has 0 saturated carbocycles. The number of alkyl halides is 1. The molecule has 0 spiro atoms. The molecular weight excluding hydrogens is 375 g/mol. The van der Waals surface area contributed by atoms with Crippen molar-refractivity contribution in [2.45, 2.75) is 45.0 Å². The van der Waals surface area contributed by atoms with Gasteiger partial charge in [0.15, 0.2) is 0 Å². The summed E-state index contributed by atoms with van der Waals surface area (Å²) >= 11 is 3.53. The van der Waals surface area contributed by atoms with Crippen LogP contribution in [-0.4, -0.2) is 40.4 Å². The van der Waals surface area contributed by atoms with Crippen molar-refractivity contribution in [2.24, 2.45) is 0 Å². The second-order valence-corrected chi connectivity index (χ2v) is 8.05. The number of rotatable bonds is 1. The van der Waals surface area contributed by atoms with E-state index in [4.69, 9.17) is 4.74 Å². The van der Waals surface area contributed by atoms with E-state index in [1.165, 1.54) is 4.90 Å². The van der Waals surface area contributed by atoms with Crippen LogP contribution in [-0.2, 0) is 4.74 Å². The van der Waals surface area contributed by atoms with Gasteiger partial charge in [-0.1, -0.05) is 22.0 Å². The highest BCUT2D eigenvalue weighted by atomic mass is 79.9. The van der Waals surface area contributed by atoms with Crippen molar-refractivity contribution in [1.29, 1.82) is 0 Å². The fourth-order valence-corrected chi connectivity index (χ4v) is 3.63. The van der Waals surface area contributed by atoms with Crippen molar-refractivity contribution in [2.75, 3.05) is 13.1 Å². The lowest BCUT2D eigenvalue weighted by atomic mass is 10.0. The number of halogens is 2. The monoisotopic (exact) mass is 396 g/mol. The summed E-state index contributed by atoms with van der Waals surface area (Å²) in [6, 6.07) is 7.64. The van der Waals surface area contributed by atoms with Crippen molar-refractivity contribution in [1.82, 2.24) is 9.47 Å². The molecule has 3 rings (SSSR count). The number of benzene rings is 1. The number of hydrogen-bond donors (Lipinski definition) is 0. The second-order valence-electron chi connectivity index (χ2n) is 7.19. The SMILES string of the molecule is CC(C)(C)OC(=O)N1CC[C@@H](n2ccc3c(Br)cccc32)[C@H](F)C1. The van der Waals surface area contributed by atoms with Gasteiger partial charge in [0, 0.05) is 28.1 Å². The van der Waals surface area contributed by atoms with Gasteiger partial charge < -0.3 is 14.2 Å². The molecule has 1 aromatic carbocycles. The number of likely N-dealkylation sites (tertiary alicyclic amines) is 1. The molecule has 1 aliphatic rings. The van der Waals surface area contributed by atoms with Crippen LogP contribution in [0.4, 0.5) is 9.18 Å². The van der Waals surface area contributed by atoms with Gasteiger partial charge in [0.2, 0.25) is 0 Å². The molecule has 24 heavy (non-hydrogen) atoms. The van der Waals surface area contributed by atoms with Crippen molar-refractivity contribution < 1.29 is 13.9 Å². The number of fused-ring (bicyclic) bond motifs is 1. The molecule has 1 aliphatic heterocycles. The van der Waals surface area contributed by atoms with E-state index >= 15 is 0 Å².